The second kappa shape index (κ2) is 4.42. The molecule has 1 saturated carbocycles. The molecule has 0 aromatic carbocycles. The number of aromatic amines is 1. The third-order valence-electron chi connectivity index (χ3n) is 2.92. The molecule has 1 fully saturated rings. The van der Waals surface area contributed by atoms with Gasteiger partial charge in [0.15, 0.2) is 5.69 Å². The quantitative estimate of drug-likeness (QED) is 0.765. The lowest BCUT2D eigenvalue weighted by atomic mass is 9.87. The maximum Gasteiger partial charge on any atom is 0.273 e. The minimum atomic E-state index is -0.122. The summed E-state index contributed by atoms with van der Waals surface area (Å²) in [5.41, 5.74) is 0.369. The van der Waals surface area contributed by atoms with Crippen LogP contribution >= 0.6 is 0 Å². The molecule has 0 aliphatic heterocycles. The van der Waals surface area contributed by atoms with Crippen LogP contribution < -0.4 is 5.32 Å². The first-order valence-corrected chi connectivity index (χ1v) is 5.42. The van der Waals surface area contributed by atoms with E-state index in [1.165, 1.54) is 19.0 Å². The Hall–Kier alpha value is -1.39. The monoisotopic (exact) mass is 208 g/mol. The van der Waals surface area contributed by atoms with Gasteiger partial charge in [-0.3, -0.25) is 4.79 Å². The molecule has 2 rings (SSSR count). The molecular formula is C10H16N4O. The molecule has 1 aromatic rings. The van der Waals surface area contributed by atoms with E-state index >= 15 is 0 Å². The van der Waals surface area contributed by atoms with Crippen LogP contribution in [0.25, 0.3) is 0 Å². The first-order chi connectivity index (χ1) is 7.25. The Kier molecular flexibility index (Phi) is 2.99. The molecule has 82 valence electrons. The lowest BCUT2D eigenvalue weighted by Crippen LogP contribution is -2.38. The van der Waals surface area contributed by atoms with Gasteiger partial charge >= 0.3 is 0 Å². The summed E-state index contributed by atoms with van der Waals surface area (Å²) in [7, 11) is 0. The number of carbonyl (C=O) groups excluding carboxylic acids is 1. The molecule has 0 spiro atoms. The lowest BCUT2D eigenvalue weighted by molar-refractivity contribution is 0.0916. The Morgan fingerprint density at radius 3 is 3.13 bits per heavy atom. The van der Waals surface area contributed by atoms with Gasteiger partial charge in [0.25, 0.3) is 5.91 Å². The van der Waals surface area contributed by atoms with Gasteiger partial charge in [0.1, 0.15) is 0 Å². The number of amides is 1. The van der Waals surface area contributed by atoms with Crippen LogP contribution in [-0.4, -0.2) is 27.4 Å². The zero-order valence-electron chi connectivity index (χ0n) is 8.86. The standard InChI is InChI=1S/C10H16N4O/c1-7-3-2-4-8(5-7)12-10(15)9-6-11-14-13-9/h6-8H,2-5H2,1H3,(H,12,15)(H,11,13,14). The van der Waals surface area contributed by atoms with E-state index in [1.54, 1.807) is 0 Å². The van der Waals surface area contributed by atoms with Crippen LogP contribution in [0, 0.1) is 5.92 Å². The minimum Gasteiger partial charge on any atom is -0.348 e. The normalized spacial score (nSPS) is 26.2. The number of rotatable bonds is 2. The number of nitrogens with one attached hydrogen (secondary N) is 2. The number of nitrogens with zero attached hydrogens (tertiary/aromatic N) is 2. The van der Waals surface area contributed by atoms with Crippen molar-refractivity contribution in [3.8, 4) is 0 Å². The highest BCUT2D eigenvalue weighted by Gasteiger charge is 2.21. The highest BCUT2D eigenvalue weighted by Crippen LogP contribution is 2.23. The fourth-order valence-electron chi connectivity index (χ4n) is 2.14. The first-order valence-electron chi connectivity index (χ1n) is 5.42. The predicted molar refractivity (Wildman–Crippen MR) is 55.3 cm³/mol. The fraction of sp³-hybridized carbons (Fsp3) is 0.700. The van der Waals surface area contributed by atoms with Gasteiger partial charge in [-0.1, -0.05) is 19.8 Å². The average Bonchev–Trinajstić information content (AvgIpc) is 2.70. The maximum atomic E-state index is 11.6. The summed E-state index contributed by atoms with van der Waals surface area (Å²) < 4.78 is 0. The molecule has 1 aliphatic rings. The molecule has 0 saturated heterocycles. The van der Waals surface area contributed by atoms with E-state index in [2.05, 4.69) is 27.7 Å². The zero-order chi connectivity index (χ0) is 10.7. The third kappa shape index (κ3) is 2.55. The minimum absolute atomic E-state index is 0.122. The summed E-state index contributed by atoms with van der Waals surface area (Å²) in [6, 6.07) is 0.304. The molecule has 0 radical (unpaired) electrons. The van der Waals surface area contributed by atoms with E-state index in [0.29, 0.717) is 17.7 Å². The number of H-pyrrole nitrogens is 1. The molecule has 2 N–H and O–H groups in total. The van der Waals surface area contributed by atoms with Gasteiger partial charge < -0.3 is 5.32 Å². The summed E-state index contributed by atoms with van der Waals surface area (Å²) >= 11 is 0. The van der Waals surface area contributed by atoms with Crippen molar-refractivity contribution in [3.05, 3.63) is 11.9 Å². The van der Waals surface area contributed by atoms with Crippen molar-refractivity contribution < 1.29 is 4.79 Å². The molecule has 1 aliphatic carbocycles. The van der Waals surface area contributed by atoms with Gasteiger partial charge in [0.2, 0.25) is 0 Å². The summed E-state index contributed by atoms with van der Waals surface area (Å²) in [5.74, 6) is 0.587. The Morgan fingerprint density at radius 2 is 2.47 bits per heavy atom. The van der Waals surface area contributed by atoms with E-state index in [4.69, 9.17) is 0 Å². The van der Waals surface area contributed by atoms with Gasteiger partial charge in [0.05, 0.1) is 6.20 Å². The molecule has 5 nitrogen and oxygen atoms in total. The molecule has 15 heavy (non-hydrogen) atoms. The number of hydrogen-bond acceptors (Lipinski definition) is 3. The fourth-order valence-corrected chi connectivity index (χ4v) is 2.14. The SMILES string of the molecule is CC1CCCC(NC(=O)c2cn[nH]n2)C1. The molecule has 2 atom stereocenters. The highest BCUT2D eigenvalue weighted by molar-refractivity contribution is 5.91. The van der Waals surface area contributed by atoms with Crippen molar-refractivity contribution in [2.45, 2.75) is 38.6 Å². The van der Waals surface area contributed by atoms with Crippen molar-refractivity contribution in [2.75, 3.05) is 0 Å². The van der Waals surface area contributed by atoms with E-state index in [1.807, 2.05) is 0 Å². The molecule has 1 heterocycles. The highest BCUT2D eigenvalue weighted by atomic mass is 16.2. The van der Waals surface area contributed by atoms with Crippen molar-refractivity contribution >= 4 is 5.91 Å². The Balaban J connectivity index is 1.89. The van der Waals surface area contributed by atoms with Crippen LogP contribution in [0.4, 0.5) is 0 Å². The van der Waals surface area contributed by atoms with Gasteiger partial charge in [-0.05, 0) is 18.8 Å². The van der Waals surface area contributed by atoms with Crippen molar-refractivity contribution in [1.29, 1.82) is 0 Å². The number of aromatic nitrogens is 3. The first kappa shape index (κ1) is 10.1. The van der Waals surface area contributed by atoms with E-state index in [-0.39, 0.29) is 5.91 Å². The number of hydrogen-bond donors (Lipinski definition) is 2. The van der Waals surface area contributed by atoms with E-state index in [0.717, 1.165) is 12.8 Å². The molecule has 1 amide bonds. The molecule has 0 bridgehead atoms. The number of carbonyl (C=O) groups is 1. The summed E-state index contributed by atoms with van der Waals surface area (Å²) in [6.45, 7) is 2.23. The van der Waals surface area contributed by atoms with Crippen molar-refractivity contribution in [3.63, 3.8) is 0 Å². The molecular weight excluding hydrogens is 192 g/mol. The lowest BCUT2D eigenvalue weighted by Gasteiger charge is -2.27. The smallest absolute Gasteiger partial charge is 0.273 e. The van der Waals surface area contributed by atoms with Crippen LogP contribution in [0.15, 0.2) is 6.20 Å². The van der Waals surface area contributed by atoms with Gasteiger partial charge in [-0.15, -0.1) is 0 Å². The summed E-state index contributed by atoms with van der Waals surface area (Å²) in [5, 5.41) is 12.8. The van der Waals surface area contributed by atoms with Gasteiger partial charge in [-0.2, -0.15) is 15.4 Å². The largest absolute Gasteiger partial charge is 0.348 e. The van der Waals surface area contributed by atoms with Crippen LogP contribution in [0.2, 0.25) is 0 Å². The molecule has 5 heteroatoms. The van der Waals surface area contributed by atoms with Gasteiger partial charge in [0, 0.05) is 6.04 Å². The van der Waals surface area contributed by atoms with E-state index in [9.17, 15) is 4.79 Å². The van der Waals surface area contributed by atoms with Crippen LogP contribution in [0.1, 0.15) is 43.1 Å². The topological polar surface area (TPSA) is 70.7 Å². The maximum absolute atomic E-state index is 11.6. The van der Waals surface area contributed by atoms with Crippen molar-refractivity contribution in [2.24, 2.45) is 5.92 Å². The van der Waals surface area contributed by atoms with Crippen LogP contribution in [0.5, 0.6) is 0 Å². The zero-order valence-corrected chi connectivity index (χ0v) is 8.86. The molecule has 2 unspecified atom stereocenters. The van der Waals surface area contributed by atoms with Gasteiger partial charge in [-0.25, -0.2) is 0 Å². The average molecular weight is 208 g/mol. The van der Waals surface area contributed by atoms with E-state index < -0.39 is 0 Å². The summed E-state index contributed by atoms with van der Waals surface area (Å²) in [6.07, 6.45) is 6.07. The van der Waals surface area contributed by atoms with Crippen LogP contribution in [-0.2, 0) is 0 Å². The Bertz CT molecular complexity index is 322. The second-order valence-corrected chi connectivity index (χ2v) is 4.30. The van der Waals surface area contributed by atoms with Crippen molar-refractivity contribution in [1.82, 2.24) is 20.7 Å². The Morgan fingerprint density at radius 1 is 1.60 bits per heavy atom. The predicted octanol–water partition coefficient (Wildman–Crippen LogP) is 1.11. The van der Waals surface area contributed by atoms with Crippen LogP contribution in [0.3, 0.4) is 0 Å². The molecule has 1 aromatic heterocycles. The summed E-state index contributed by atoms with van der Waals surface area (Å²) in [4.78, 5) is 11.6. The second-order valence-electron chi connectivity index (χ2n) is 4.30. The third-order valence-corrected chi connectivity index (χ3v) is 2.92. The Labute approximate surface area is 88.6 Å².